The fraction of sp³-hybridized carbons (Fsp3) is 0.400. The maximum absolute atomic E-state index is 13.8. The monoisotopic (exact) mass is 374 g/mol. The number of hydrogen-bond acceptors (Lipinski definition) is 5. The fourth-order valence-electron chi connectivity index (χ4n) is 3.25. The van der Waals surface area contributed by atoms with E-state index in [0.717, 1.165) is 44.7 Å². The first-order chi connectivity index (χ1) is 13.1. The van der Waals surface area contributed by atoms with E-state index in [1.807, 2.05) is 6.07 Å². The molecule has 1 aliphatic rings. The second kappa shape index (κ2) is 8.81. The first-order valence-electron chi connectivity index (χ1n) is 9.00. The van der Waals surface area contributed by atoms with Crippen LogP contribution in [-0.4, -0.2) is 37.0 Å². The number of hydrogen-bond donors (Lipinski definition) is 1. The second-order valence-corrected chi connectivity index (χ2v) is 6.65. The van der Waals surface area contributed by atoms with Gasteiger partial charge >= 0.3 is 0 Å². The zero-order chi connectivity index (χ0) is 19.2. The SMILES string of the molecule is COc1coc(C(=O)N[C@H]2CCCN(Cc3ccccc3F)CC2)cc1=O. The Hall–Kier alpha value is -2.67. The van der Waals surface area contributed by atoms with Crippen LogP contribution >= 0.6 is 0 Å². The summed E-state index contributed by atoms with van der Waals surface area (Å²) in [7, 11) is 1.37. The molecule has 1 aromatic heterocycles. The molecule has 2 aromatic rings. The number of rotatable bonds is 5. The van der Waals surface area contributed by atoms with Crippen molar-refractivity contribution in [3.05, 3.63) is 64.0 Å². The highest BCUT2D eigenvalue weighted by atomic mass is 19.1. The Labute approximate surface area is 156 Å². The van der Waals surface area contributed by atoms with Gasteiger partial charge in [0.1, 0.15) is 12.1 Å². The molecule has 0 radical (unpaired) electrons. The molecule has 7 heteroatoms. The highest BCUT2D eigenvalue weighted by Gasteiger charge is 2.21. The van der Waals surface area contributed by atoms with Gasteiger partial charge in [-0.15, -0.1) is 0 Å². The van der Waals surface area contributed by atoms with Crippen molar-refractivity contribution in [2.75, 3.05) is 20.2 Å². The second-order valence-electron chi connectivity index (χ2n) is 6.65. The van der Waals surface area contributed by atoms with Gasteiger partial charge < -0.3 is 14.5 Å². The van der Waals surface area contributed by atoms with Crippen molar-refractivity contribution in [1.29, 1.82) is 0 Å². The summed E-state index contributed by atoms with van der Waals surface area (Å²) in [6, 6.07) is 7.90. The lowest BCUT2D eigenvalue weighted by Crippen LogP contribution is -2.36. The molecule has 1 atom stereocenters. The number of carbonyl (C=O) groups is 1. The van der Waals surface area contributed by atoms with Gasteiger partial charge in [-0.25, -0.2) is 4.39 Å². The molecule has 2 heterocycles. The van der Waals surface area contributed by atoms with Crippen molar-refractivity contribution in [2.45, 2.75) is 31.8 Å². The van der Waals surface area contributed by atoms with Gasteiger partial charge in [-0.05, 0) is 31.9 Å². The van der Waals surface area contributed by atoms with Crippen LogP contribution in [0.1, 0.15) is 35.4 Å². The fourth-order valence-corrected chi connectivity index (χ4v) is 3.25. The number of likely N-dealkylation sites (tertiary alicyclic amines) is 1. The maximum atomic E-state index is 13.8. The molecule has 0 bridgehead atoms. The molecule has 1 fully saturated rings. The summed E-state index contributed by atoms with van der Waals surface area (Å²) < 4.78 is 23.9. The van der Waals surface area contributed by atoms with Crippen LogP contribution in [0.4, 0.5) is 4.39 Å². The lowest BCUT2D eigenvalue weighted by atomic mass is 10.1. The van der Waals surface area contributed by atoms with Gasteiger partial charge in [-0.3, -0.25) is 14.5 Å². The summed E-state index contributed by atoms with van der Waals surface area (Å²) in [4.78, 5) is 26.3. The number of carbonyl (C=O) groups excluding carboxylic acids is 1. The molecule has 1 aromatic carbocycles. The third kappa shape index (κ3) is 4.95. The standard InChI is InChI=1S/C20H23FN2O4/c1-26-19-13-27-18(11-17(19)24)20(25)22-15-6-4-9-23(10-8-15)12-14-5-2-3-7-16(14)21/h2-3,5,7,11,13,15H,4,6,8-10,12H2,1H3,(H,22,25)/t15-/m0/s1. The number of methoxy groups -OCH3 is 1. The van der Waals surface area contributed by atoms with Crippen LogP contribution in [0.3, 0.4) is 0 Å². The predicted molar refractivity (Wildman–Crippen MR) is 98.3 cm³/mol. The van der Waals surface area contributed by atoms with Gasteiger partial charge in [0.2, 0.25) is 11.2 Å². The van der Waals surface area contributed by atoms with E-state index in [0.29, 0.717) is 12.1 Å². The zero-order valence-corrected chi connectivity index (χ0v) is 15.2. The summed E-state index contributed by atoms with van der Waals surface area (Å²) >= 11 is 0. The Bertz CT molecular complexity index is 852. The number of ether oxygens (including phenoxy) is 1. The van der Waals surface area contributed by atoms with Crippen LogP contribution in [0.5, 0.6) is 5.75 Å². The van der Waals surface area contributed by atoms with Crippen LogP contribution in [0.15, 0.2) is 45.8 Å². The molecular formula is C20H23FN2O4. The van der Waals surface area contributed by atoms with Crippen LogP contribution in [0, 0.1) is 5.82 Å². The van der Waals surface area contributed by atoms with Crippen molar-refractivity contribution in [2.24, 2.45) is 0 Å². The first-order valence-corrected chi connectivity index (χ1v) is 9.00. The molecule has 1 amide bonds. The van der Waals surface area contributed by atoms with Crippen molar-refractivity contribution < 1.29 is 18.3 Å². The molecule has 1 N–H and O–H groups in total. The van der Waals surface area contributed by atoms with Gasteiger partial charge in [0.25, 0.3) is 5.91 Å². The number of amides is 1. The highest BCUT2D eigenvalue weighted by molar-refractivity contribution is 5.91. The molecule has 3 rings (SSSR count). The lowest BCUT2D eigenvalue weighted by molar-refractivity contribution is 0.0902. The Balaban J connectivity index is 1.56. The summed E-state index contributed by atoms with van der Waals surface area (Å²) in [5, 5.41) is 2.92. The smallest absolute Gasteiger partial charge is 0.287 e. The van der Waals surface area contributed by atoms with E-state index < -0.39 is 11.3 Å². The average molecular weight is 374 g/mol. The molecule has 0 unspecified atom stereocenters. The van der Waals surface area contributed by atoms with E-state index in [2.05, 4.69) is 10.2 Å². The number of benzene rings is 1. The maximum Gasteiger partial charge on any atom is 0.287 e. The Morgan fingerprint density at radius 3 is 2.89 bits per heavy atom. The van der Waals surface area contributed by atoms with E-state index >= 15 is 0 Å². The minimum absolute atomic E-state index is 0.0180. The van der Waals surface area contributed by atoms with E-state index in [-0.39, 0.29) is 23.4 Å². The molecule has 0 aliphatic carbocycles. The van der Waals surface area contributed by atoms with Crippen LogP contribution in [0.25, 0.3) is 0 Å². The Morgan fingerprint density at radius 2 is 2.15 bits per heavy atom. The van der Waals surface area contributed by atoms with E-state index in [4.69, 9.17) is 9.15 Å². The minimum atomic E-state index is -0.415. The Morgan fingerprint density at radius 1 is 1.33 bits per heavy atom. The Kier molecular flexibility index (Phi) is 6.24. The summed E-state index contributed by atoms with van der Waals surface area (Å²) in [6.45, 7) is 2.16. The van der Waals surface area contributed by atoms with E-state index in [1.54, 1.807) is 12.1 Å². The zero-order valence-electron chi connectivity index (χ0n) is 15.2. The number of nitrogens with one attached hydrogen (secondary N) is 1. The summed E-state index contributed by atoms with van der Waals surface area (Å²) in [5.41, 5.74) is 0.283. The third-order valence-electron chi connectivity index (χ3n) is 4.75. The van der Waals surface area contributed by atoms with E-state index in [9.17, 15) is 14.0 Å². The molecule has 0 spiro atoms. The quantitative estimate of drug-likeness (QED) is 0.871. The van der Waals surface area contributed by atoms with Gasteiger partial charge in [0, 0.05) is 30.8 Å². The van der Waals surface area contributed by atoms with Crippen molar-refractivity contribution in [3.63, 3.8) is 0 Å². The van der Waals surface area contributed by atoms with Crippen LogP contribution in [0.2, 0.25) is 0 Å². The number of nitrogens with zero attached hydrogens (tertiary/aromatic N) is 1. The molecule has 6 nitrogen and oxygen atoms in total. The molecule has 0 saturated carbocycles. The van der Waals surface area contributed by atoms with Gasteiger partial charge in [0.05, 0.1) is 7.11 Å². The topological polar surface area (TPSA) is 71.8 Å². The molecular weight excluding hydrogens is 351 g/mol. The van der Waals surface area contributed by atoms with Crippen LogP contribution < -0.4 is 15.5 Å². The number of halogens is 1. The first kappa shape index (κ1) is 19.1. The third-order valence-corrected chi connectivity index (χ3v) is 4.75. The van der Waals surface area contributed by atoms with E-state index in [1.165, 1.54) is 13.2 Å². The van der Waals surface area contributed by atoms with Crippen molar-refractivity contribution in [1.82, 2.24) is 10.2 Å². The van der Waals surface area contributed by atoms with Crippen LogP contribution in [-0.2, 0) is 6.54 Å². The lowest BCUT2D eigenvalue weighted by Gasteiger charge is -2.20. The van der Waals surface area contributed by atoms with Crippen molar-refractivity contribution in [3.8, 4) is 5.75 Å². The molecule has 144 valence electrons. The minimum Gasteiger partial charge on any atom is -0.490 e. The average Bonchev–Trinajstić information content (AvgIpc) is 2.88. The molecule has 1 saturated heterocycles. The molecule has 27 heavy (non-hydrogen) atoms. The normalized spacial score (nSPS) is 17.9. The van der Waals surface area contributed by atoms with Gasteiger partial charge in [-0.2, -0.15) is 0 Å². The summed E-state index contributed by atoms with van der Waals surface area (Å²) in [6.07, 6.45) is 3.60. The largest absolute Gasteiger partial charge is 0.490 e. The summed E-state index contributed by atoms with van der Waals surface area (Å²) in [5.74, 6) is -0.582. The predicted octanol–water partition coefficient (Wildman–Crippen LogP) is 2.57. The molecule has 1 aliphatic heterocycles. The van der Waals surface area contributed by atoms with Gasteiger partial charge in [-0.1, -0.05) is 18.2 Å². The van der Waals surface area contributed by atoms with Crippen molar-refractivity contribution >= 4 is 5.91 Å². The van der Waals surface area contributed by atoms with Gasteiger partial charge in [0.15, 0.2) is 5.76 Å². The highest BCUT2D eigenvalue weighted by Crippen LogP contribution is 2.16.